The van der Waals surface area contributed by atoms with Crippen LogP contribution in [0.4, 0.5) is 23.4 Å². The van der Waals surface area contributed by atoms with Crippen molar-refractivity contribution in [3.8, 4) is 22.4 Å². The lowest BCUT2D eigenvalue weighted by molar-refractivity contribution is -0.137. The Bertz CT molecular complexity index is 1260. The second-order valence-corrected chi connectivity index (χ2v) is 7.20. The zero-order chi connectivity index (χ0) is 23.4. The molecule has 0 saturated heterocycles. The number of nitrogens with one attached hydrogen (secondary N) is 1. The quantitative estimate of drug-likeness (QED) is 0.355. The number of aromatic nitrogens is 2. The third-order valence-electron chi connectivity index (χ3n) is 4.95. The SMILES string of the molecule is O=C(CCc1ccccc1)Nc1onc(-c2cc(C(F)(F)F)ccc2F)c1-c1ccncc1. The third kappa shape index (κ3) is 5.08. The maximum absolute atomic E-state index is 14.6. The highest BCUT2D eigenvalue weighted by molar-refractivity contribution is 5.97. The molecule has 0 radical (unpaired) electrons. The minimum Gasteiger partial charge on any atom is -0.337 e. The van der Waals surface area contributed by atoms with Crippen LogP contribution in [0, 0.1) is 5.82 Å². The molecule has 0 spiro atoms. The van der Waals surface area contributed by atoms with E-state index >= 15 is 0 Å². The first-order valence-corrected chi connectivity index (χ1v) is 9.94. The molecule has 0 aliphatic heterocycles. The fourth-order valence-electron chi connectivity index (χ4n) is 3.32. The predicted molar refractivity (Wildman–Crippen MR) is 114 cm³/mol. The summed E-state index contributed by atoms with van der Waals surface area (Å²) in [5.41, 5.74) is -0.0317. The highest BCUT2D eigenvalue weighted by Crippen LogP contribution is 2.40. The van der Waals surface area contributed by atoms with Crippen LogP contribution in [-0.4, -0.2) is 16.0 Å². The topological polar surface area (TPSA) is 68.0 Å². The van der Waals surface area contributed by atoms with E-state index in [4.69, 9.17) is 4.52 Å². The number of anilines is 1. The first kappa shape index (κ1) is 22.2. The van der Waals surface area contributed by atoms with E-state index in [0.717, 1.165) is 11.6 Å². The Labute approximate surface area is 186 Å². The van der Waals surface area contributed by atoms with Crippen LogP contribution in [0.25, 0.3) is 22.4 Å². The lowest BCUT2D eigenvalue weighted by atomic mass is 9.99. The van der Waals surface area contributed by atoms with Crippen LogP contribution in [0.5, 0.6) is 0 Å². The molecule has 0 atom stereocenters. The Hall–Kier alpha value is -4.01. The molecular formula is C24H17F4N3O2. The van der Waals surface area contributed by atoms with Gasteiger partial charge in [-0.15, -0.1) is 0 Å². The molecule has 0 saturated carbocycles. The second-order valence-electron chi connectivity index (χ2n) is 7.20. The van der Waals surface area contributed by atoms with Gasteiger partial charge in [0.1, 0.15) is 11.5 Å². The van der Waals surface area contributed by atoms with Crippen molar-refractivity contribution < 1.29 is 26.9 Å². The molecule has 2 heterocycles. The lowest BCUT2D eigenvalue weighted by Gasteiger charge is -2.10. The molecule has 168 valence electrons. The van der Waals surface area contributed by atoms with Gasteiger partial charge in [0, 0.05) is 24.4 Å². The highest BCUT2D eigenvalue weighted by atomic mass is 19.4. The summed E-state index contributed by atoms with van der Waals surface area (Å²) in [6, 6.07) is 14.5. The first-order chi connectivity index (χ1) is 15.8. The average molecular weight is 455 g/mol. The number of alkyl halides is 3. The van der Waals surface area contributed by atoms with Gasteiger partial charge in [0.25, 0.3) is 0 Å². The highest BCUT2D eigenvalue weighted by Gasteiger charge is 2.32. The van der Waals surface area contributed by atoms with Gasteiger partial charge in [-0.2, -0.15) is 13.2 Å². The van der Waals surface area contributed by atoms with Crippen molar-refractivity contribution in [2.45, 2.75) is 19.0 Å². The summed E-state index contributed by atoms with van der Waals surface area (Å²) in [5, 5.41) is 6.40. The number of hydrogen-bond acceptors (Lipinski definition) is 4. The van der Waals surface area contributed by atoms with E-state index in [0.29, 0.717) is 24.1 Å². The second kappa shape index (κ2) is 9.23. The van der Waals surface area contributed by atoms with Gasteiger partial charge in [0.2, 0.25) is 11.8 Å². The molecule has 5 nitrogen and oxygen atoms in total. The van der Waals surface area contributed by atoms with E-state index in [2.05, 4.69) is 15.5 Å². The van der Waals surface area contributed by atoms with Crippen LogP contribution in [0.15, 0.2) is 77.6 Å². The number of carbonyl (C=O) groups is 1. The molecule has 33 heavy (non-hydrogen) atoms. The van der Waals surface area contributed by atoms with Crippen LogP contribution in [0.2, 0.25) is 0 Å². The van der Waals surface area contributed by atoms with Gasteiger partial charge in [-0.3, -0.25) is 15.1 Å². The van der Waals surface area contributed by atoms with Crippen LogP contribution in [-0.2, 0) is 17.4 Å². The molecule has 0 bridgehead atoms. The zero-order valence-electron chi connectivity index (χ0n) is 17.1. The van der Waals surface area contributed by atoms with E-state index in [9.17, 15) is 22.4 Å². The third-order valence-corrected chi connectivity index (χ3v) is 4.95. The molecule has 2 aromatic carbocycles. The van der Waals surface area contributed by atoms with Crippen molar-refractivity contribution in [2.75, 3.05) is 5.32 Å². The summed E-state index contributed by atoms with van der Waals surface area (Å²) in [6.07, 6.45) is -1.16. The zero-order valence-corrected chi connectivity index (χ0v) is 17.1. The Morgan fingerprint density at radius 1 is 1.00 bits per heavy atom. The summed E-state index contributed by atoms with van der Waals surface area (Å²) in [4.78, 5) is 16.4. The van der Waals surface area contributed by atoms with Crippen molar-refractivity contribution in [3.05, 3.63) is 90.0 Å². The Kier molecular flexibility index (Phi) is 6.21. The van der Waals surface area contributed by atoms with Gasteiger partial charge in [-0.1, -0.05) is 35.5 Å². The molecule has 4 rings (SSSR count). The molecule has 1 N–H and O–H groups in total. The molecule has 0 unspecified atom stereocenters. The summed E-state index contributed by atoms with van der Waals surface area (Å²) in [6.45, 7) is 0. The maximum Gasteiger partial charge on any atom is 0.416 e. The predicted octanol–water partition coefficient (Wildman–Crippen LogP) is 6.13. The monoisotopic (exact) mass is 455 g/mol. The number of hydrogen-bond donors (Lipinski definition) is 1. The minimum absolute atomic E-state index is 0.0916. The Morgan fingerprint density at radius 2 is 1.73 bits per heavy atom. The van der Waals surface area contributed by atoms with E-state index in [1.807, 2.05) is 30.3 Å². The van der Waals surface area contributed by atoms with Crippen molar-refractivity contribution in [1.29, 1.82) is 0 Å². The van der Waals surface area contributed by atoms with Crippen molar-refractivity contribution >= 4 is 11.8 Å². The van der Waals surface area contributed by atoms with E-state index in [1.54, 1.807) is 12.1 Å². The van der Waals surface area contributed by atoms with Crippen molar-refractivity contribution in [3.63, 3.8) is 0 Å². The molecule has 0 aliphatic carbocycles. The van der Waals surface area contributed by atoms with Gasteiger partial charge >= 0.3 is 6.18 Å². The number of nitrogens with zero attached hydrogens (tertiary/aromatic N) is 2. The smallest absolute Gasteiger partial charge is 0.337 e. The minimum atomic E-state index is -4.67. The molecule has 4 aromatic rings. The van der Waals surface area contributed by atoms with Crippen LogP contribution in [0.1, 0.15) is 17.5 Å². The van der Waals surface area contributed by atoms with Crippen LogP contribution in [0.3, 0.4) is 0 Å². The summed E-state index contributed by atoms with van der Waals surface area (Å²) >= 11 is 0. The summed E-state index contributed by atoms with van der Waals surface area (Å²) in [7, 11) is 0. The summed E-state index contributed by atoms with van der Waals surface area (Å²) < 4.78 is 59.5. The van der Waals surface area contributed by atoms with E-state index in [-0.39, 0.29) is 29.5 Å². The molecule has 9 heteroatoms. The first-order valence-electron chi connectivity index (χ1n) is 9.94. The molecular weight excluding hydrogens is 438 g/mol. The normalized spacial score (nSPS) is 11.4. The molecule has 0 aliphatic rings. The number of benzene rings is 2. The summed E-state index contributed by atoms with van der Waals surface area (Å²) in [5.74, 6) is -1.39. The number of aryl methyl sites for hydroxylation is 1. The lowest BCUT2D eigenvalue weighted by Crippen LogP contribution is -2.12. The fourth-order valence-corrected chi connectivity index (χ4v) is 3.32. The number of amides is 1. The van der Waals surface area contributed by atoms with Gasteiger partial charge < -0.3 is 4.52 Å². The molecule has 2 aromatic heterocycles. The standard InChI is InChI=1S/C24H17F4N3O2/c25-19-8-7-17(24(26,27)28)14-18(19)22-21(16-10-12-29-13-11-16)23(33-31-22)30-20(32)9-6-15-4-2-1-3-5-15/h1-5,7-8,10-14H,6,9H2,(H,30,32). The fraction of sp³-hybridized carbons (Fsp3) is 0.125. The number of pyridine rings is 1. The van der Waals surface area contributed by atoms with E-state index < -0.39 is 23.1 Å². The van der Waals surface area contributed by atoms with Crippen LogP contribution >= 0.6 is 0 Å². The van der Waals surface area contributed by atoms with Crippen LogP contribution < -0.4 is 5.32 Å². The Balaban J connectivity index is 1.70. The number of rotatable bonds is 6. The van der Waals surface area contributed by atoms with E-state index in [1.165, 1.54) is 12.4 Å². The number of carbonyl (C=O) groups excluding carboxylic acids is 1. The number of halogens is 4. The van der Waals surface area contributed by atoms with Crippen molar-refractivity contribution in [1.82, 2.24) is 10.1 Å². The molecule has 1 amide bonds. The Morgan fingerprint density at radius 3 is 2.42 bits per heavy atom. The van der Waals surface area contributed by atoms with Gasteiger partial charge in [0.05, 0.1) is 11.1 Å². The average Bonchev–Trinajstić information content (AvgIpc) is 3.21. The van der Waals surface area contributed by atoms with Gasteiger partial charge in [-0.05, 0) is 47.9 Å². The van der Waals surface area contributed by atoms with Gasteiger partial charge in [-0.25, -0.2) is 4.39 Å². The molecule has 0 fully saturated rings. The van der Waals surface area contributed by atoms with Gasteiger partial charge in [0.15, 0.2) is 0 Å². The van der Waals surface area contributed by atoms with Crippen molar-refractivity contribution in [2.24, 2.45) is 0 Å². The largest absolute Gasteiger partial charge is 0.416 e. The maximum atomic E-state index is 14.6.